The summed E-state index contributed by atoms with van der Waals surface area (Å²) in [5, 5.41) is 0. The Morgan fingerprint density at radius 3 is 1.18 bits per heavy atom. The maximum Gasteiger partial charge on any atom is -0.0347 e. The number of rotatable bonds is 16. The van der Waals surface area contributed by atoms with Crippen molar-refractivity contribution < 1.29 is 0 Å². The summed E-state index contributed by atoms with van der Waals surface area (Å²) >= 11 is 0. The lowest BCUT2D eigenvalue weighted by molar-refractivity contribution is 0.673. The molecule has 0 aliphatic heterocycles. The highest BCUT2D eigenvalue weighted by atomic mass is 13.9. The van der Waals surface area contributed by atoms with E-state index in [1.807, 2.05) is 0 Å². The third-order valence-corrected chi connectivity index (χ3v) is 3.99. The van der Waals surface area contributed by atoms with Gasteiger partial charge in [-0.2, -0.15) is 0 Å². The Bertz CT molecular complexity index is 270. The summed E-state index contributed by atoms with van der Waals surface area (Å²) in [6.45, 7) is 4.54. The van der Waals surface area contributed by atoms with Crippen LogP contribution in [0.5, 0.6) is 0 Å². The smallest absolute Gasteiger partial charge is 0.0347 e. The third kappa shape index (κ3) is 19.2. The van der Waals surface area contributed by atoms with Crippen molar-refractivity contribution in [3.05, 3.63) is 36.5 Å². The van der Waals surface area contributed by atoms with Gasteiger partial charge in [0.15, 0.2) is 0 Å². The molecule has 0 heteroatoms. The van der Waals surface area contributed by atoms with Gasteiger partial charge < -0.3 is 0 Å². The lowest BCUT2D eigenvalue weighted by atomic mass is 10.1. The highest BCUT2D eigenvalue weighted by molar-refractivity contribution is 5.02. The molecule has 0 spiro atoms. The van der Waals surface area contributed by atoms with Gasteiger partial charge in [0.25, 0.3) is 0 Å². The quantitative estimate of drug-likeness (QED) is 0.153. The fourth-order valence-electron chi connectivity index (χ4n) is 2.49. The molecular weight excluding hydrogens is 264 g/mol. The summed E-state index contributed by atoms with van der Waals surface area (Å²) in [6.07, 6.45) is 32.5. The van der Waals surface area contributed by atoms with E-state index in [1.165, 1.54) is 89.9 Å². The number of allylic oxidation sites excluding steroid dienone is 6. The fourth-order valence-corrected chi connectivity index (χ4v) is 2.49. The molecule has 0 aromatic carbocycles. The Kier molecular flexibility index (Phi) is 19.5. The van der Waals surface area contributed by atoms with Crippen molar-refractivity contribution in [3.8, 4) is 0 Å². The monoisotopic (exact) mass is 304 g/mol. The van der Waals surface area contributed by atoms with Crippen molar-refractivity contribution in [1.82, 2.24) is 0 Å². The number of unbranched alkanes of at least 4 members (excludes halogenated alkanes) is 11. The van der Waals surface area contributed by atoms with Crippen LogP contribution in [0.3, 0.4) is 0 Å². The molecule has 0 atom stereocenters. The van der Waals surface area contributed by atoms with Crippen molar-refractivity contribution in [2.24, 2.45) is 0 Å². The van der Waals surface area contributed by atoms with Gasteiger partial charge in [-0.25, -0.2) is 0 Å². The summed E-state index contributed by atoms with van der Waals surface area (Å²) in [7, 11) is 0. The van der Waals surface area contributed by atoms with E-state index in [-0.39, 0.29) is 0 Å². The van der Waals surface area contributed by atoms with E-state index in [4.69, 9.17) is 0 Å². The third-order valence-electron chi connectivity index (χ3n) is 3.99. The first-order valence-corrected chi connectivity index (χ1v) is 9.88. The van der Waals surface area contributed by atoms with Crippen LogP contribution in [0.25, 0.3) is 0 Å². The zero-order valence-electron chi connectivity index (χ0n) is 15.4. The molecule has 0 aromatic rings. The van der Waals surface area contributed by atoms with Gasteiger partial charge in [0.1, 0.15) is 0 Å². The van der Waals surface area contributed by atoms with Crippen LogP contribution in [0.15, 0.2) is 36.5 Å². The average Bonchev–Trinajstić information content (AvgIpc) is 2.54. The van der Waals surface area contributed by atoms with E-state index >= 15 is 0 Å². The highest BCUT2D eigenvalue weighted by Crippen LogP contribution is 2.06. The molecule has 0 aromatic heterocycles. The Morgan fingerprint density at radius 1 is 0.409 bits per heavy atom. The van der Waals surface area contributed by atoms with Gasteiger partial charge in [-0.15, -0.1) is 0 Å². The highest BCUT2D eigenvalue weighted by Gasteiger charge is 1.86. The Balaban J connectivity index is 3.22. The lowest BCUT2D eigenvalue weighted by Crippen LogP contribution is -1.75. The van der Waals surface area contributed by atoms with E-state index in [1.54, 1.807) is 0 Å². The molecule has 0 bridgehead atoms. The second-order valence-electron chi connectivity index (χ2n) is 6.31. The summed E-state index contributed by atoms with van der Waals surface area (Å²) in [4.78, 5) is 0. The zero-order valence-corrected chi connectivity index (χ0v) is 15.4. The summed E-state index contributed by atoms with van der Waals surface area (Å²) in [5.41, 5.74) is 0. The second kappa shape index (κ2) is 20.2. The molecule has 0 saturated heterocycles. The molecule has 22 heavy (non-hydrogen) atoms. The first kappa shape index (κ1) is 21.2. The zero-order chi connectivity index (χ0) is 16.1. The molecule has 0 radical (unpaired) electrons. The average molecular weight is 305 g/mol. The molecule has 0 fully saturated rings. The van der Waals surface area contributed by atoms with Crippen LogP contribution in [0, 0.1) is 0 Å². The first-order valence-electron chi connectivity index (χ1n) is 9.88. The maximum atomic E-state index is 2.38. The van der Waals surface area contributed by atoms with Crippen molar-refractivity contribution in [3.63, 3.8) is 0 Å². The maximum absolute atomic E-state index is 2.38. The summed E-state index contributed by atoms with van der Waals surface area (Å²) in [5.74, 6) is 0. The van der Waals surface area contributed by atoms with Gasteiger partial charge >= 0.3 is 0 Å². The van der Waals surface area contributed by atoms with Crippen molar-refractivity contribution >= 4 is 0 Å². The van der Waals surface area contributed by atoms with E-state index < -0.39 is 0 Å². The van der Waals surface area contributed by atoms with Crippen molar-refractivity contribution in [2.75, 3.05) is 0 Å². The lowest BCUT2D eigenvalue weighted by Gasteiger charge is -1.95. The van der Waals surface area contributed by atoms with Crippen LogP contribution in [-0.2, 0) is 0 Å². The normalized spacial score (nSPS) is 12.3. The molecule has 0 nitrogen and oxygen atoms in total. The standard InChI is InChI=1S/C22H40/c1-3-5-7-9-11-13-15-17-19-21-22-20-18-16-14-12-10-8-6-4-2/h13-17,19H,3-12,18,20-22H2,1-2H3/b15-13+,16-14+,19-17+. The molecule has 0 saturated carbocycles. The van der Waals surface area contributed by atoms with Crippen molar-refractivity contribution in [1.29, 1.82) is 0 Å². The predicted octanol–water partition coefficient (Wildman–Crippen LogP) is 8.16. The van der Waals surface area contributed by atoms with Gasteiger partial charge in [-0.1, -0.05) is 88.8 Å². The number of hydrogen-bond acceptors (Lipinski definition) is 0. The molecule has 0 unspecified atom stereocenters. The molecule has 0 amide bonds. The molecule has 0 aliphatic carbocycles. The number of hydrogen-bond donors (Lipinski definition) is 0. The van der Waals surface area contributed by atoms with Crippen LogP contribution in [0.4, 0.5) is 0 Å². The van der Waals surface area contributed by atoms with Gasteiger partial charge in [0, 0.05) is 0 Å². The largest absolute Gasteiger partial charge is 0.0885 e. The molecular formula is C22H40. The minimum atomic E-state index is 1.23. The predicted molar refractivity (Wildman–Crippen MR) is 103 cm³/mol. The SMILES string of the molecule is CCCCCC/C=C/C=C/CCCC/C=C/CCCCCC. The van der Waals surface area contributed by atoms with E-state index in [0.29, 0.717) is 0 Å². The molecule has 128 valence electrons. The van der Waals surface area contributed by atoms with Crippen LogP contribution >= 0.6 is 0 Å². The second-order valence-corrected chi connectivity index (χ2v) is 6.31. The van der Waals surface area contributed by atoms with Gasteiger partial charge in [0.05, 0.1) is 0 Å². The Morgan fingerprint density at radius 2 is 0.773 bits per heavy atom. The minimum absolute atomic E-state index is 1.23. The van der Waals surface area contributed by atoms with Gasteiger partial charge in [-0.3, -0.25) is 0 Å². The van der Waals surface area contributed by atoms with Crippen LogP contribution in [0.2, 0.25) is 0 Å². The van der Waals surface area contributed by atoms with E-state index in [0.717, 1.165) is 0 Å². The Hall–Kier alpha value is -0.780. The Labute approximate surface area is 140 Å². The fraction of sp³-hybridized carbons (Fsp3) is 0.727. The minimum Gasteiger partial charge on any atom is -0.0885 e. The molecule has 0 heterocycles. The van der Waals surface area contributed by atoms with E-state index in [9.17, 15) is 0 Å². The van der Waals surface area contributed by atoms with Crippen molar-refractivity contribution in [2.45, 2.75) is 104 Å². The molecule has 0 aliphatic rings. The summed E-state index contributed by atoms with van der Waals surface area (Å²) < 4.78 is 0. The van der Waals surface area contributed by atoms with Crippen LogP contribution in [0.1, 0.15) is 104 Å². The molecule has 0 N–H and O–H groups in total. The topological polar surface area (TPSA) is 0 Å². The van der Waals surface area contributed by atoms with E-state index in [2.05, 4.69) is 50.3 Å². The first-order chi connectivity index (χ1) is 10.9. The molecule has 0 rings (SSSR count). The van der Waals surface area contributed by atoms with Crippen LogP contribution < -0.4 is 0 Å². The van der Waals surface area contributed by atoms with Crippen LogP contribution in [-0.4, -0.2) is 0 Å². The van der Waals surface area contributed by atoms with Gasteiger partial charge in [0.2, 0.25) is 0 Å². The summed E-state index contributed by atoms with van der Waals surface area (Å²) in [6, 6.07) is 0. The van der Waals surface area contributed by atoms with Gasteiger partial charge in [-0.05, 0) is 51.4 Å².